The maximum atomic E-state index is 12.9. The third kappa shape index (κ3) is 4.35. The monoisotopic (exact) mass is 380 g/mol. The Kier molecular flexibility index (Phi) is 5.82. The van der Waals surface area contributed by atoms with Crippen LogP contribution in [0, 0.1) is 0 Å². The van der Waals surface area contributed by atoms with Crippen LogP contribution in [0.5, 0.6) is 0 Å². The van der Waals surface area contributed by atoms with Crippen molar-refractivity contribution < 1.29 is 13.2 Å². The molecule has 2 heterocycles. The summed E-state index contributed by atoms with van der Waals surface area (Å²) in [4.78, 5) is 20.6. The van der Waals surface area contributed by atoms with Gasteiger partial charge in [0.25, 0.3) is 5.91 Å². The second kappa shape index (κ2) is 7.92. The number of rotatable bonds is 5. The second-order valence-corrected chi connectivity index (χ2v) is 9.45. The summed E-state index contributed by atoms with van der Waals surface area (Å²) in [5, 5.41) is -0.532. The summed E-state index contributed by atoms with van der Waals surface area (Å²) in [5.41, 5.74) is 0.547. The van der Waals surface area contributed by atoms with Gasteiger partial charge in [0.15, 0.2) is 0 Å². The SMILES string of the molecule is CN(C)c1cc(C(=O)N2CCC[C@H](S(=O)(=O)NC3CCCC3)C2)ccn1. The lowest BCUT2D eigenvalue weighted by molar-refractivity contribution is 0.0726. The van der Waals surface area contributed by atoms with Gasteiger partial charge in [-0.15, -0.1) is 0 Å². The minimum Gasteiger partial charge on any atom is -0.363 e. The first kappa shape index (κ1) is 19.1. The predicted octanol–water partition coefficient (Wildman–Crippen LogP) is 1.61. The van der Waals surface area contributed by atoms with Gasteiger partial charge in [-0.2, -0.15) is 0 Å². The Morgan fingerprint density at radius 1 is 1.23 bits per heavy atom. The molecule has 8 heteroatoms. The molecule has 2 fully saturated rings. The largest absolute Gasteiger partial charge is 0.363 e. The number of hydrogen-bond donors (Lipinski definition) is 1. The molecule has 1 saturated heterocycles. The summed E-state index contributed by atoms with van der Waals surface area (Å²) in [7, 11) is 0.338. The number of piperidine rings is 1. The predicted molar refractivity (Wildman–Crippen MR) is 102 cm³/mol. The highest BCUT2D eigenvalue weighted by Crippen LogP contribution is 2.23. The van der Waals surface area contributed by atoms with Crippen molar-refractivity contribution in [1.82, 2.24) is 14.6 Å². The van der Waals surface area contributed by atoms with Crippen LogP contribution in [0.25, 0.3) is 0 Å². The van der Waals surface area contributed by atoms with E-state index in [0.717, 1.165) is 25.7 Å². The van der Waals surface area contributed by atoms with Gasteiger partial charge in [-0.1, -0.05) is 12.8 Å². The third-order valence-corrected chi connectivity index (χ3v) is 7.17. The maximum Gasteiger partial charge on any atom is 0.254 e. The number of nitrogens with zero attached hydrogens (tertiary/aromatic N) is 3. The topological polar surface area (TPSA) is 82.6 Å². The number of carbonyl (C=O) groups is 1. The molecule has 1 amide bonds. The van der Waals surface area contributed by atoms with Crippen LogP contribution in [-0.2, 0) is 10.0 Å². The fourth-order valence-electron chi connectivity index (χ4n) is 3.73. The van der Waals surface area contributed by atoms with Crippen LogP contribution in [0.3, 0.4) is 0 Å². The number of pyridine rings is 1. The number of amides is 1. The van der Waals surface area contributed by atoms with Gasteiger partial charge in [-0.05, 0) is 37.8 Å². The highest BCUT2D eigenvalue weighted by atomic mass is 32.2. The fraction of sp³-hybridized carbons (Fsp3) is 0.667. The number of carbonyl (C=O) groups excluding carboxylic acids is 1. The fourth-order valence-corrected chi connectivity index (χ4v) is 5.47. The molecule has 1 N–H and O–H groups in total. The molecule has 2 aliphatic rings. The molecule has 1 aromatic heterocycles. The van der Waals surface area contributed by atoms with Crippen LogP contribution < -0.4 is 9.62 Å². The minimum absolute atomic E-state index is 0.0638. The van der Waals surface area contributed by atoms with Crippen molar-refractivity contribution in [3.63, 3.8) is 0 Å². The van der Waals surface area contributed by atoms with Gasteiger partial charge < -0.3 is 9.80 Å². The highest BCUT2D eigenvalue weighted by Gasteiger charge is 2.34. The first-order valence-corrected chi connectivity index (χ1v) is 10.9. The molecule has 0 spiro atoms. The standard InChI is InChI=1S/C18H28N4O3S/c1-21(2)17-12-14(9-10-19-17)18(23)22-11-5-8-16(13-22)26(24,25)20-15-6-3-4-7-15/h9-10,12,15-16,20H,3-8,11,13H2,1-2H3/t16-/m0/s1. The van der Waals surface area contributed by atoms with Crippen LogP contribution in [0.4, 0.5) is 5.82 Å². The average Bonchev–Trinajstić information content (AvgIpc) is 3.13. The number of likely N-dealkylation sites (tertiary alicyclic amines) is 1. The Balaban J connectivity index is 1.69. The molecule has 0 radical (unpaired) electrons. The third-order valence-electron chi connectivity index (χ3n) is 5.24. The second-order valence-electron chi connectivity index (χ2n) is 7.46. The zero-order valence-corrected chi connectivity index (χ0v) is 16.3. The lowest BCUT2D eigenvalue weighted by Gasteiger charge is -2.33. The summed E-state index contributed by atoms with van der Waals surface area (Å²) in [6, 6.07) is 3.50. The summed E-state index contributed by atoms with van der Waals surface area (Å²) < 4.78 is 28.3. The Labute approximate surface area is 155 Å². The number of aromatic nitrogens is 1. The molecule has 1 aromatic rings. The number of anilines is 1. The molecule has 0 aromatic carbocycles. The molecule has 1 aliphatic carbocycles. The quantitative estimate of drug-likeness (QED) is 0.839. The van der Waals surface area contributed by atoms with Gasteiger partial charge in [0.05, 0.1) is 5.25 Å². The molecular weight excluding hydrogens is 352 g/mol. The minimum atomic E-state index is -3.40. The van der Waals surface area contributed by atoms with Crippen LogP contribution in [0.1, 0.15) is 48.9 Å². The molecule has 3 rings (SSSR count). The summed E-state index contributed by atoms with van der Waals surface area (Å²) in [5.74, 6) is 0.580. The van der Waals surface area contributed by atoms with E-state index in [1.807, 2.05) is 19.0 Å². The number of hydrogen-bond acceptors (Lipinski definition) is 5. The van der Waals surface area contributed by atoms with Gasteiger partial charge in [0.2, 0.25) is 10.0 Å². The van der Waals surface area contributed by atoms with Crippen molar-refractivity contribution in [1.29, 1.82) is 0 Å². The van der Waals surface area contributed by atoms with E-state index in [1.165, 1.54) is 0 Å². The zero-order valence-electron chi connectivity index (χ0n) is 15.5. The van der Waals surface area contributed by atoms with E-state index >= 15 is 0 Å². The summed E-state index contributed by atoms with van der Waals surface area (Å²) in [6.45, 7) is 0.842. The van der Waals surface area contributed by atoms with E-state index in [1.54, 1.807) is 23.2 Å². The van der Waals surface area contributed by atoms with Crippen LogP contribution >= 0.6 is 0 Å². The number of nitrogens with one attached hydrogen (secondary N) is 1. The average molecular weight is 381 g/mol. The van der Waals surface area contributed by atoms with Gasteiger partial charge in [-0.25, -0.2) is 18.1 Å². The van der Waals surface area contributed by atoms with E-state index in [4.69, 9.17) is 0 Å². The maximum absolute atomic E-state index is 12.9. The van der Waals surface area contributed by atoms with Crippen molar-refractivity contribution in [3.05, 3.63) is 23.9 Å². The molecule has 26 heavy (non-hydrogen) atoms. The van der Waals surface area contributed by atoms with Gasteiger partial charge in [0, 0.05) is 45.0 Å². The summed E-state index contributed by atoms with van der Waals surface area (Å²) in [6.07, 6.45) is 6.91. The molecular formula is C18H28N4O3S. The van der Waals surface area contributed by atoms with Crippen molar-refractivity contribution in [2.45, 2.75) is 49.8 Å². The van der Waals surface area contributed by atoms with Gasteiger partial charge >= 0.3 is 0 Å². The van der Waals surface area contributed by atoms with Crippen LogP contribution in [-0.4, -0.2) is 62.7 Å². The van der Waals surface area contributed by atoms with Crippen molar-refractivity contribution in [3.8, 4) is 0 Å². The highest BCUT2D eigenvalue weighted by molar-refractivity contribution is 7.90. The normalized spacial score (nSPS) is 21.8. The Hall–Kier alpha value is -1.67. The van der Waals surface area contributed by atoms with Crippen LogP contribution in [0.2, 0.25) is 0 Å². The van der Waals surface area contributed by atoms with E-state index < -0.39 is 15.3 Å². The molecule has 144 valence electrons. The van der Waals surface area contributed by atoms with Crippen molar-refractivity contribution in [2.24, 2.45) is 0 Å². The number of sulfonamides is 1. The molecule has 1 saturated carbocycles. The molecule has 0 bridgehead atoms. The molecule has 1 atom stereocenters. The van der Waals surface area contributed by atoms with Crippen LogP contribution in [0.15, 0.2) is 18.3 Å². The van der Waals surface area contributed by atoms with Gasteiger partial charge in [-0.3, -0.25) is 4.79 Å². The Morgan fingerprint density at radius 3 is 2.65 bits per heavy atom. The van der Waals surface area contributed by atoms with Crippen molar-refractivity contribution >= 4 is 21.7 Å². The molecule has 1 aliphatic heterocycles. The van der Waals surface area contributed by atoms with Crippen molar-refractivity contribution in [2.75, 3.05) is 32.1 Å². The lowest BCUT2D eigenvalue weighted by atomic mass is 10.1. The van der Waals surface area contributed by atoms with E-state index in [0.29, 0.717) is 30.8 Å². The molecule has 7 nitrogen and oxygen atoms in total. The van der Waals surface area contributed by atoms with Gasteiger partial charge in [0.1, 0.15) is 5.82 Å². The Bertz CT molecular complexity index is 745. The van der Waals surface area contributed by atoms with E-state index in [-0.39, 0.29) is 18.5 Å². The zero-order chi connectivity index (χ0) is 18.7. The lowest BCUT2D eigenvalue weighted by Crippen LogP contribution is -2.49. The van der Waals surface area contributed by atoms with E-state index in [2.05, 4.69) is 9.71 Å². The molecule has 0 unspecified atom stereocenters. The Morgan fingerprint density at radius 2 is 1.96 bits per heavy atom. The smallest absolute Gasteiger partial charge is 0.254 e. The first-order chi connectivity index (χ1) is 12.4. The van der Waals surface area contributed by atoms with E-state index in [9.17, 15) is 13.2 Å². The summed E-state index contributed by atoms with van der Waals surface area (Å²) >= 11 is 0. The first-order valence-electron chi connectivity index (χ1n) is 9.30.